The van der Waals surface area contributed by atoms with Gasteiger partial charge in [0.2, 0.25) is 0 Å². The van der Waals surface area contributed by atoms with E-state index in [1.54, 1.807) is 13.2 Å². The van der Waals surface area contributed by atoms with Gasteiger partial charge in [-0.3, -0.25) is 0 Å². The van der Waals surface area contributed by atoms with Crippen LogP contribution in [0.15, 0.2) is 158 Å². The molecule has 12 atom stereocenters. The molecule has 5 aromatic carbocycles. The third-order valence-corrected chi connectivity index (χ3v) is 11.6. The highest BCUT2D eigenvalue weighted by Gasteiger charge is 2.57. The molecule has 4 heterocycles. The maximum atomic E-state index is 7.22. The van der Waals surface area contributed by atoms with E-state index in [4.69, 9.17) is 56.8 Å². The van der Waals surface area contributed by atoms with Gasteiger partial charge in [0, 0.05) is 11.1 Å². The Bertz CT molecular complexity index is 2130. The van der Waals surface area contributed by atoms with Gasteiger partial charge in [-0.15, -0.1) is 6.58 Å². The summed E-state index contributed by atoms with van der Waals surface area (Å²) in [5, 5.41) is 0. The van der Waals surface area contributed by atoms with Crippen molar-refractivity contribution in [2.24, 2.45) is 0 Å². The van der Waals surface area contributed by atoms with E-state index < -0.39 is 74.0 Å². The van der Waals surface area contributed by atoms with Gasteiger partial charge in [0.05, 0.1) is 46.8 Å². The first kappa shape index (κ1) is 43.5. The Labute approximate surface area is 368 Å². The van der Waals surface area contributed by atoms with Crippen molar-refractivity contribution in [3.05, 3.63) is 186 Å². The normalized spacial score (nSPS) is 30.4. The van der Waals surface area contributed by atoms with Gasteiger partial charge >= 0.3 is 0 Å². The zero-order valence-electron chi connectivity index (χ0n) is 35.2. The number of hydrogen-bond donors (Lipinski definition) is 0. The summed E-state index contributed by atoms with van der Waals surface area (Å²) in [6.07, 6.45) is -7.22. The number of rotatable bonds is 17. The van der Waals surface area contributed by atoms with Gasteiger partial charge < -0.3 is 56.8 Å². The molecule has 0 radical (unpaired) electrons. The molecule has 0 aliphatic carbocycles. The number of methoxy groups -OCH3 is 1. The van der Waals surface area contributed by atoms with Crippen molar-refractivity contribution in [2.75, 3.05) is 26.9 Å². The highest BCUT2D eigenvalue weighted by atomic mass is 16.8. The summed E-state index contributed by atoms with van der Waals surface area (Å²) in [5.74, 6) is 0.742. The fourth-order valence-electron chi connectivity index (χ4n) is 8.36. The summed E-state index contributed by atoms with van der Waals surface area (Å²) in [6.45, 7) is 5.28. The summed E-state index contributed by atoms with van der Waals surface area (Å²) < 4.78 is 79.5. The second kappa shape index (κ2) is 21.3. The number of ether oxygens (including phenoxy) is 12. The van der Waals surface area contributed by atoms with Crippen LogP contribution in [0, 0.1) is 0 Å². The lowest BCUT2D eigenvalue weighted by Gasteiger charge is -2.52. The molecule has 0 aromatic heterocycles. The first-order valence-corrected chi connectivity index (χ1v) is 21.5. The Morgan fingerprint density at radius 2 is 0.937 bits per heavy atom. The van der Waals surface area contributed by atoms with Crippen molar-refractivity contribution in [1.29, 1.82) is 0 Å². The van der Waals surface area contributed by atoms with Crippen LogP contribution in [0.3, 0.4) is 0 Å². The molecule has 0 unspecified atom stereocenters. The molecule has 63 heavy (non-hydrogen) atoms. The predicted octanol–water partition coefficient (Wildman–Crippen LogP) is 8.02. The molecule has 0 spiro atoms. The molecule has 330 valence electrons. The Morgan fingerprint density at radius 3 is 1.43 bits per heavy atom. The number of benzene rings is 5. The highest BCUT2D eigenvalue weighted by molar-refractivity contribution is 5.27. The zero-order chi connectivity index (χ0) is 42.8. The smallest absolute Gasteiger partial charge is 0.187 e. The van der Waals surface area contributed by atoms with Crippen LogP contribution in [0.2, 0.25) is 0 Å². The summed E-state index contributed by atoms with van der Waals surface area (Å²) >= 11 is 0. The van der Waals surface area contributed by atoms with E-state index >= 15 is 0 Å². The van der Waals surface area contributed by atoms with Crippen LogP contribution in [-0.4, -0.2) is 88.3 Å². The van der Waals surface area contributed by atoms with Crippen molar-refractivity contribution in [1.82, 2.24) is 0 Å². The summed E-state index contributed by atoms with van der Waals surface area (Å²) in [7, 11) is 1.64. The molecule has 0 bridgehead atoms. The number of hydrogen-bond acceptors (Lipinski definition) is 12. The van der Waals surface area contributed by atoms with Crippen LogP contribution in [-0.2, 0) is 71.9 Å². The Hall–Kier alpha value is -4.80. The molecule has 4 fully saturated rings. The van der Waals surface area contributed by atoms with Crippen LogP contribution in [0.5, 0.6) is 5.75 Å². The van der Waals surface area contributed by atoms with Crippen LogP contribution >= 0.6 is 0 Å². The van der Waals surface area contributed by atoms with Crippen molar-refractivity contribution in [3.63, 3.8) is 0 Å². The van der Waals surface area contributed by atoms with Crippen molar-refractivity contribution in [3.8, 4) is 5.75 Å². The van der Waals surface area contributed by atoms with E-state index in [9.17, 15) is 0 Å². The van der Waals surface area contributed by atoms with Gasteiger partial charge in [-0.05, 0) is 28.8 Å². The Kier molecular flexibility index (Phi) is 14.7. The maximum Gasteiger partial charge on any atom is 0.187 e. The lowest BCUT2D eigenvalue weighted by Crippen LogP contribution is -2.67. The average molecular weight is 859 g/mol. The Morgan fingerprint density at radius 1 is 0.492 bits per heavy atom. The molecule has 0 saturated carbocycles. The Balaban J connectivity index is 1.07. The molecule has 9 rings (SSSR count). The quantitative estimate of drug-likeness (QED) is 0.0845. The van der Waals surface area contributed by atoms with Crippen LogP contribution in [0.25, 0.3) is 0 Å². The fraction of sp³-hybridized carbons (Fsp3) is 0.373. The fourth-order valence-corrected chi connectivity index (χ4v) is 8.36. The lowest BCUT2D eigenvalue weighted by molar-refractivity contribution is -0.412. The molecule has 0 amide bonds. The van der Waals surface area contributed by atoms with Gasteiger partial charge in [0.25, 0.3) is 0 Å². The zero-order valence-corrected chi connectivity index (χ0v) is 35.2. The van der Waals surface area contributed by atoms with Crippen molar-refractivity contribution in [2.45, 2.75) is 93.8 Å². The lowest BCUT2D eigenvalue weighted by atomic mass is 9.95. The molecule has 5 aromatic rings. The van der Waals surface area contributed by atoms with Crippen LogP contribution < -0.4 is 4.74 Å². The first-order valence-electron chi connectivity index (χ1n) is 21.5. The summed E-state index contributed by atoms with van der Waals surface area (Å²) in [4.78, 5) is 0. The standard InChI is InChI=1S/C51H54O12/c1-3-28-53-50-47(45(55-31-36-24-26-39(52-2)27-25-36)43-40(59-50)32-57-49(62-43)38-22-14-7-15-23-38)63-51-46(56-30-35-18-10-5-11-19-35)44(54-29-34-16-8-4-9-17-34)42-41(60-51)33-58-48(61-42)37-20-12-6-13-21-37/h3-27,40-51H,1,28-33H2,2H3/t40-,41-,42-,43-,44+,45+,46+,47+,48-,49-,50+,51+/m1/s1. The van der Waals surface area contributed by atoms with E-state index in [0.717, 1.165) is 33.6 Å². The van der Waals surface area contributed by atoms with E-state index in [-0.39, 0.29) is 39.6 Å². The predicted molar refractivity (Wildman–Crippen MR) is 230 cm³/mol. The van der Waals surface area contributed by atoms with Crippen LogP contribution in [0.1, 0.15) is 40.4 Å². The minimum absolute atomic E-state index is 0.178. The van der Waals surface area contributed by atoms with Gasteiger partial charge in [-0.25, -0.2) is 0 Å². The minimum Gasteiger partial charge on any atom is -0.497 e. The second-order valence-corrected chi connectivity index (χ2v) is 15.8. The molecule has 4 aliphatic rings. The van der Waals surface area contributed by atoms with Gasteiger partial charge in [0.15, 0.2) is 25.2 Å². The molecular formula is C51H54O12. The van der Waals surface area contributed by atoms with E-state index in [0.29, 0.717) is 0 Å². The second-order valence-electron chi connectivity index (χ2n) is 15.8. The van der Waals surface area contributed by atoms with Crippen LogP contribution in [0.4, 0.5) is 0 Å². The monoisotopic (exact) mass is 858 g/mol. The average Bonchev–Trinajstić information content (AvgIpc) is 3.35. The van der Waals surface area contributed by atoms with Crippen molar-refractivity contribution < 1.29 is 56.8 Å². The highest BCUT2D eigenvalue weighted by Crippen LogP contribution is 2.41. The van der Waals surface area contributed by atoms with Gasteiger partial charge in [-0.1, -0.05) is 140 Å². The SMILES string of the molecule is C=CCO[C@H]1O[C@@H]2CO[C@@H](c3ccccc3)O[C@H]2[C@H](OCc2ccc(OC)cc2)[C@@H]1O[C@@H]1O[C@@H]2CO[C@@H](c3ccccc3)O[C@H]2[C@H](OCc2ccccc2)[C@@H]1OCc1ccccc1. The topological polar surface area (TPSA) is 111 Å². The number of fused-ring (bicyclic) bond motifs is 2. The van der Waals surface area contributed by atoms with E-state index in [2.05, 4.69) is 6.58 Å². The van der Waals surface area contributed by atoms with Gasteiger partial charge in [-0.2, -0.15) is 0 Å². The molecular weight excluding hydrogens is 805 g/mol. The third-order valence-electron chi connectivity index (χ3n) is 11.6. The molecule has 12 heteroatoms. The minimum atomic E-state index is -1.05. The van der Waals surface area contributed by atoms with E-state index in [1.807, 2.05) is 146 Å². The molecule has 12 nitrogen and oxygen atoms in total. The largest absolute Gasteiger partial charge is 0.497 e. The maximum absolute atomic E-state index is 7.22. The molecule has 4 aliphatic heterocycles. The van der Waals surface area contributed by atoms with Gasteiger partial charge in [0.1, 0.15) is 54.6 Å². The molecule has 0 N–H and O–H groups in total. The summed E-state index contributed by atoms with van der Waals surface area (Å²) in [6, 6.07) is 47.4. The summed E-state index contributed by atoms with van der Waals surface area (Å²) in [5.41, 5.74) is 4.64. The van der Waals surface area contributed by atoms with E-state index in [1.165, 1.54) is 0 Å². The van der Waals surface area contributed by atoms with Crippen molar-refractivity contribution >= 4 is 0 Å². The molecule has 4 saturated heterocycles. The third kappa shape index (κ3) is 10.6. The first-order chi connectivity index (χ1) is 31.1.